The van der Waals surface area contributed by atoms with Crippen LogP contribution >= 0.6 is 22.9 Å². The summed E-state index contributed by atoms with van der Waals surface area (Å²) in [7, 11) is -1.04. The van der Waals surface area contributed by atoms with E-state index in [1.165, 1.54) is 27.8 Å². The monoisotopic (exact) mass is 410 g/mol. The number of hydrogen-bond acceptors (Lipinski definition) is 5. The number of aliphatic imine (C=N–C) groups is 1. The first-order valence-corrected chi connectivity index (χ1v) is 10.6. The molecule has 0 aliphatic carbocycles. The summed E-state index contributed by atoms with van der Waals surface area (Å²) >= 11 is 7.73. The third-order valence-electron chi connectivity index (χ3n) is 4.18. The molecule has 2 atom stereocenters. The molecule has 0 bridgehead atoms. The molecule has 2 N–H and O–H groups in total. The van der Waals surface area contributed by atoms with Gasteiger partial charge in [0.2, 0.25) is 5.96 Å². The average Bonchev–Trinajstić information content (AvgIpc) is 2.94. The molecule has 0 saturated heterocycles. The summed E-state index contributed by atoms with van der Waals surface area (Å²) in [5, 5.41) is 9.46. The van der Waals surface area contributed by atoms with Gasteiger partial charge in [-0.2, -0.15) is 5.26 Å². The van der Waals surface area contributed by atoms with Gasteiger partial charge >= 0.3 is 0 Å². The minimum Gasteiger partial charge on any atom is -0.369 e. The fourth-order valence-electron chi connectivity index (χ4n) is 2.85. The summed E-state index contributed by atoms with van der Waals surface area (Å²) < 4.78 is 27.9. The second kappa shape index (κ2) is 6.27. The van der Waals surface area contributed by atoms with Crippen LogP contribution in [0.4, 0.5) is 4.39 Å². The Balaban J connectivity index is 2.13. The molecule has 0 amide bonds. The number of nitrogens with zero attached hydrogens (tertiary/aromatic N) is 3. The molecule has 1 aliphatic heterocycles. The van der Waals surface area contributed by atoms with Crippen LogP contribution in [0.3, 0.4) is 0 Å². The van der Waals surface area contributed by atoms with Crippen LogP contribution in [-0.2, 0) is 15.2 Å². The first-order chi connectivity index (χ1) is 12.1. The lowest BCUT2D eigenvalue weighted by molar-refractivity contribution is 0.522. The highest BCUT2D eigenvalue weighted by atomic mass is 35.5. The van der Waals surface area contributed by atoms with Gasteiger partial charge in [0, 0.05) is 11.9 Å². The van der Waals surface area contributed by atoms with Crippen molar-refractivity contribution in [1.29, 1.82) is 5.26 Å². The second-order valence-corrected chi connectivity index (χ2v) is 10.1. The summed E-state index contributed by atoms with van der Waals surface area (Å²) in [5.41, 5.74) is 5.79. The highest BCUT2D eigenvalue weighted by Crippen LogP contribution is 2.44. The third-order valence-corrected chi connectivity index (χ3v) is 8.22. The van der Waals surface area contributed by atoms with E-state index in [0.717, 1.165) is 0 Å². The van der Waals surface area contributed by atoms with Gasteiger partial charge in [0.25, 0.3) is 0 Å². The van der Waals surface area contributed by atoms with Crippen molar-refractivity contribution in [3.8, 4) is 16.5 Å². The molecule has 1 aromatic carbocycles. The van der Waals surface area contributed by atoms with E-state index in [1.54, 1.807) is 26.1 Å². The second-order valence-electron chi connectivity index (χ2n) is 6.29. The molecular formula is C17H16ClFN4OS2. The minimum absolute atomic E-state index is 0.127. The van der Waals surface area contributed by atoms with E-state index in [2.05, 4.69) is 10.9 Å². The number of nitrogens with two attached hydrogens (primary N) is 1. The molecule has 0 fully saturated rings. The number of nitriles is 1. The van der Waals surface area contributed by atoms with Crippen LogP contribution in [0.2, 0.25) is 5.02 Å². The van der Waals surface area contributed by atoms with Crippen molar-refractivity contribution < 1.29 is 8.60 Å². The molecule has 0 saturated carbocycles. The molecule has 3 rings (SSSR count). The lowest BCUT2D eigenvalue weighted by Crippen LogP contribution is -2.50. The van der Waals surface area contributed by atoms with Gasteiger partial charge in [-0.25, -0.2) is 13.6 Å². The number of benzene rings is 1. The lowest BCUT2D eigenvalue weighted by atomic mass is 10.0. The van der Waals surface area contributed by atoms with Crippen LogP contribution in [0.25, 0.3) is 10.4 Å². The maximum absolute atomic E-state index is 13.8. The summed E-state index contributed by atoms with van der Waals surface area (Å²) in [4.78, 5) is 5.84. The van der Waals surface area contributed by atoms with Crippen molar-refractivity contribution in [1.82, 2.24) is 4.31 Å². The van der Waals surface area contributed by atoms with Gasteiger partial charge in [0.15, 0.2) is 0 Å². The molecule has 26 heavy (non-hydrogen) atoms. The van der Waals surface area contributed by atoms with Crippen LogP contribution in [-0.4, -0.2) is 33.1 Å². The van der Waals surface area contributed by atoms with E-state index >= 15 is 0 Å². The highest BCUT2D eigenvalue weighted by molar-refractivity contribution is 7.98. The van der Waals surface area contributed by atoms with E-state index in [9.17, 15) is 8.60 Å². The normalized spacial score (nSPS) is 25.7. The van der Waals surface area contributed by atoms with Crippen LogP contribution in [0.15, 0.2) is 29.3 Å². The Labute approximate surface area is 160 Å². The Bertz CT molecular complexity index is 1070. The predicted molar refractivity (Wildman–Crippen MR) is 106 cm³/mol. The van der Waals surface area contributed by atoms with Crippen molar-refractivity contribution in [2.75, 3.05) is 12.8 Å². The number of rotatable bonds is 2. The van der Waals surface area contributed by atoms with Gasteiger partial charge in [-0.15, -0.1) is 11.3 Å². The third kappa shape index (κ3) is 3.18. The molecule has 1 aliphatic rings. The standard InChI is InChI=1S/C17H16ClFN4OS2/c1-17(9-26(3,24)23(2)16(21)22-17)15-13(18)7-14(25-15)11-4-10(8-20)5-12(19)6-11/h4-7H,3,9H2,1-2H3,(H2,21,22)/t17-,26?/m0/s1. The highest BCUT2D eigenvalue weighted by Gasteiger charge is 2.39. The van der Waals surface area contributed by atoms with Crippen molar-refractivity contribution in [3.63, 3.8) is 0 Å². The van der Waals surface area contributed by atoms with E-state index < -0.39 is 21.1 Å². The molecule has 2 heterocycles. The van der Waals surface area contributed by atoms with E-state index in [0.29, 0.717) is 20.3 Å². The Morgan fingerprint density at radius 1 is 1.50 bits per heavy atom. The van der Waals surface area contributed by atoms with Gasteiger partial charge in [-0.3, -0.25) is 4.31 Å². The van der Waals surface area contributed by atoms with Crippen molar-refractivity contribution >= 4 is 44.5 Å². The van der Waals surface area contributed by atoms with E-state index in [4.69, 9.17) is 22.6 Å². The first kappa shape index (κ1) is 18.7. The molecule has 1 unspecified atom stereocenters. The molecule has 5 nitrogen and oxygen atoms in total. The van der Waals surface area contributed by atoms with Crippen LogP contribution < -0.4 is 5.73 Å². The fraction of sp³-hybridized carbons (Fsp3) is 0.235. The predicted octanol–water partition coefficient (Wildman–Crippen LogP) is 3.19. The zero-order chi connectivity index (χ0) is 19.3. The van der Waals surface area contributed by atoms with Crippen molar-refractivity contribution in [3.05, 3.63) is 45.5 Å². The molecule has 1 aromatic heterocycles. The maximum atomic E-state index is 13.8. The summed E-state index contributed by atoms with van der Waals surface area (Å²) in [6, 6.07) is 7.72. The van der Waals surface area contributed by atoms with Crippen LogP contribution in [0, 0.1) is 17.1 Å². The van der Waals surface area contributed by atoms with E-state index in [-0.39, 0.29) is 17.3 Å². The Kier molecular flexibility index (Phi) is 4.51. The number of halogens is 2. The van der Waals surface area contributed by atoms with Gasteiger partial charge in [-0.05, 0) is 42.6 Å². The van der Waals surface area contributed by atoms with Crippen molar-refractivity contribution in [2.24, 2.45) is 10.7 Å². The molecule has 9 heteroatoms. The smallest absolute Gasteiger partial charge is 0.203 e. The molecular weight excluding hydrogens is 395 g/mol. The van der Waals surface area contributed by atoms with Gasteiger partial charge in [0.1, 0.15) is 11.4 Å². The molecule has 0 radical (unpaired) electrons. The number of thiophene rings is 1. The fourth-order valence-corrected chi connectivity index (χ4v) is 6.23. The van der Waals surface area contributed by atoms with Gasteiger partial charge in [-0.1, -0.05) is 11.6 Å². The largest absolute Gasteiger partial charge is 0.369 e. The molecule has 136 valence electrons. The average molecular weight is 411 g/mol. The van der Waals surface area contributed by atoms with Crippen LogP contribution in [0.5, 0.6) is 0 Å². The van der Waals surface area contributed by atoms with Crippen LogP contribution in [0.1, 0.15) is 17.4 Å². The summed E-state index contributed by atoms with van der Waals surface area (Å²) in [5.74, 6) is 3.56. The SMILES string of the molecule is C=S1(=O)C[C@@](C)(c2sc(-c3cc(F)cc(C#N)c3)cc2Cl)N=C(N)N1C. The van der Waals surface area contributed by atoms with Gasteiger partial charge in [0.05, 0.1) is 37.0 Å². The van der Waals surface area contributed by atoms with Crippen molar-refractivity contribution in [2.45, 2.75) is 12.5 Å². The topological polar surface area (TPSA) is 82.5 Å². The number of guanidine groups is 1. The Morgan fingerprint density at radius 2 is 2.19 bits per heavy atom. The minimum atomic E-state index is -2.63. The Morgan fingerprint density at radius 3 is 2.81 bits per heavy atom. The molecule has 2 aromatic rings. The first-order valence-electron chi connectivity index (χ1n) is 7.51. The quantitative estimate of drug-likeness (QED) is 0.772. The Hall–Kier alpha value is -2.08. The maximum Gasteiger partial charge on any atom is 0.203 e. The summed E-state index contributed by atoms with van der Waals surface area (Å²) in [6.45, 7) is 1.80. The van der Waals surface area contributed by atoms with Gasteiger partial charge < -0.3 is 5.73 Å². The summed E-state index contributed by atoms with van der Waals surface area (Å²) in [6.07, 6.45) is 0. The molecule has 0 spiro atoms. The lowest BCUT2D eigenvalue weighted by Gasteiger charge is -2.36. The number of hydrogen-bond donors (Lipinski definition) is 1. The van der Waals surface area contributed by atoms with E-state index in [1.807, 2.05) is 6.07 Å². The zero-order valence-corrected chi connectivity index (χ0v) is 16.5. The zero-order valence-electron chi connectivity index (χ0n) is 14.1.